The summed E-state index contributed by atoms with van der Waals surface area (Å²) in [7, 11) is 1.76. The van der Waals surface area contributed by atoms with E-state index in [0.29, 0.717) is 25.2 Å². The quantitative estimate of drug-likeness (QED) is 0.244. The molecule has 0 aliphatic carbocycles. The maximum Gasteiger partial charge on any atom is 0.254 e. The number of carbonyl (C=O) groups is 1. The van der Waals surface area contributed by atoms with E-state index in [0.717, 1.165) is 31.0 Å². The first-order chi connectivity index (χ1) is 14.5. The van der Waals surface area contributed by atoms with Gasteiger partial charge in [-0.05, 0) is 44.0 Å². The number of aromatic nitrogens is 2. The van der Waals surface area contributed by atoms with Gasteiger partial charge in [0.25, 0.3) is 5.91 Å². The number of rotatable bonds is 7. The van der Waals surface area contributed by atoms with Gasteiger partial charge >= 0.3 is 0 Å². The SMILES string of the molecule is CN=C(NCCCn1cccn1)NCc1ccc(C(=O)N2CC(C)OC(C)C2)cc1.I. The van der Waals surface area contributed by atoms with E-state index in [1.54, 1.807) is 13.2 Å². The number of benzene rings is 1. The maximum absolute atomic E-state index is 12.8. The van der Waals surface area contributed by atoms with E-state index in [9.17, 15) is 4.79 Å². The zero-order chi connectivity index (χ0) is 21.3. The van der Waals surface area contributed by atoms with Gasteiger partial charge in [-0.1, -0.05) is 12.1 Å². The van der Waals surface area contributed by atoms with Gasteiger partial charge in [0.15, 0.2) is 5.96 Å². The summed E-state index contributed by atoms with van der Waals surface area (Å²) in [6.45, 7) is 7.59. The average molecular weight is 540 g/mol. The van der Waals surface area contributed by atoms with Gasteiger partial charge in [-0.25, -0.2) is 0 Å². The monoisotopic (exact) mass is 540 g/mol. The summed E-state index contributed by atoms with van der Waals surface area (Å²) in [5, 5.41) is 10.8. The molecule has 3 rings (SSSR count). The molecular formula is C22H33IN6O2. The first-order valence-electron chi connectivity index (χ1n) is 10.5. The molecule has 1 aliphatic rings. The predicted octanol–water partition coefficient (Wildman–Crippen LogP) is 2.51. The summed E-state index contributed by atoms with van der Waals surface area (Å²) in [5.74, 6) is 0.818. The largest absolute Gasteiger partial charge is 0.372 e. The summed E-state index contributed by atoms with van der Waals surface area (Å²) < 4.78 is 7.63. The van der Waals surface area contributed by atoms with Gasteiger partial charge in [-0.2, -0.15) is 5.10 Å². The van der Waals surface area contributed by atoms with Gasteiger partial charge in [-0.15, -0.1) is 24.0 Å². The van der Waals surface area contributed by atoms with E-state index < -0.39 is 0 Å². The summed E-state index contributed by atoms with van der Waals surface area (Å²) in [5.41, 5.74) is 1.80. The van der Waals surface area contributed by atoms with Crippen LogP contribution in [-0.4, -0.2) is 65.4 Å². The molecule has 2 unspecified atom stereocenters. The van der Waals surface area contributed by atoms with Crippen molar-refractivity contribution in [2.75, 3.05) is 26.7 Å². The zero-order valence-corrected chi connectivity index (χ0v) is 20.8. The lowest BCUT2D eigenvalue weighted by Crippen LogP contribution is -2.48. The topological polar surface area (TPSA) is 83.8 Å². The summed E-state index contributed by atoms with van der Waals surface area (Å²) >= 11 is 0. The molecule has 1 amide bonds. The fourth-order valence-corrected chi connectivity index (χ4v) is 3.58. The van der Waals surface area contributed by atoms with E-state index in [1.807, 2.05) is 60.0 Å². The normalized spacial score (nSPS) is 18.9. The van der Waals surface area contributed by atoms with E-state index in [2.05, 4.69) is 20.7 Å². The van der Waals surface area contributed by atoms with Crippen molar-refractivity contribution in [2.24, 2.45) is 4.99 Å². The molecule has 1 fully saturated rings. The minimum Gasteiger partial charge on any atom is -0.372 e. The highest BCUT2D eigenvalue weighted by Crippen LogP contribution is 2.15. The molecule has 0 radical (unpaired) electrons. The zero-order valence-electron chi connectivity index (χ0n) is 18.5. The fraction of sp³-hybridized carbons (Fsp3) is 0.500. The number of nitrogens with one attached hydrogen (secondary N) is 2. The highest BCUT2D eigenvalue weighted by atomic mass is 127. The Bertz CT molecular complexity index is 815. The van der Waals surface area contributed by atoms with Gasteiger partial charge in [0.1, 0.15) is 0 Å². The molecule has 170 valence electrons. The summed E-state index contributed by atoms with van der Waals surface area (Å²) in [6, 6.07) is 9.68. The molecule has 2 heterocycles. The van der Waals surface area contributed by atoms with Gasteiger partial charge in [0.2, 0.25) is 0 Å². The van der Waals surface area contributed by atoms with Crippen molar-refractivity contribution in [1.29, 1.82) is 0 Å². The number of ether oxygens (including phenoxy) is 1. The lowest BCUT2D eigenvalue weighted by atomic mass is 10.1. The number of hydrogen-bond acceptors (Lipinski definition) is 4. The molecule has 1 aromatic carbocycles. The Kier molecular flexibility index (Phi) is 10.3. The van der Waals surface area contributed by atoms with Crippen LogP contribution in [0.1, 0.15) is 36.2 Å². The molecule has 31 heavy (non-hydrogen) atoms. The van der Waals surface area contributed by atoms with Crippen LogP contribution >= 0.6 is 24.0 Å². The number of carbonyl (C=O) groups excluding carboxylic acids is 1. The number of morpholine rings is 1. The van der Waals surface area contributed by atoms with E-state index in [-0.39, 0.29) is 42.1 Å². The van der Waals surface area contributed by atoms with Crippen LogP contribution in [0.4, 0.5) is 0 Å². The van der Waals surface area contributed by atoms with E-state index in [4.69, 9.17) is 4.74 Å². The summed E-state index contributed by atoms with van der Waals surface area (Å²) in [4.78, 5) is 18.9. The van der Waals surface area contributed by atoms with Crippen LogP contribution in [-0.2, 0) is 17.8 Å². The predicted molar refractivity (Wildman–Crippen MR) is 133 cm³/mol. The third-order valence-corrected chi connectivity index (χ3v) is 5.01. The van der Waals surface area contributed by atoms with Crippen LogP contribution < -0.4 is 10.6 Å². The van der Waals surface area contributed by atoms with Gasteiger partial charge in [-0.3, -0.25) is 14.5 Å². The van der Waals surface area contributed by atoms with Crippen molar-refractivity contribution >= 4 is 35.8 Å². The number of amides is 1. The van der Waals surface area contributed by atoms with Crippen molar-refractivity contribution in [1.82, 2.24) is 25.3 Å². The second-order valence-electron chi connectivity index (χ2n) is 7.64. The molecule has 0 saturated carbocycles. The van der Waals surface area contributed by atoms with Crippen LogP contribution in [0.5, 0.6) is 0 Å². The van der Waals surface area contributed by atoms with Crippen LogP contribution in [0, 0.1) is 0 Å². The average Bonchev–Trinajstić information content (AvgIpc) is 3.26. The molecule has 2 atom stereocenters. The molecule has 2 aromatic rings. The minimum absolute atomic E-state index is 0. The van der Waals surface area contributed by atoms with E-state index >= 15 is 0 Å². The number of guanidine groups is 1. The number of aryl methyl sites for hydroxylation is 1. The van der Waals surface area contributed by atoms with Gasteiger partial charge in [0.05, 0.1) is 12.2 Å². The molecule has 8 nitrogen and oxygen atoms in total. The maximum atomic E-state index is 12.8. The number of halogens is 1. The lowest BCUT2D eigenvalue weighted by Gasteiger charge is -2.35. The highest BCUT2D eigenvalue weighted by molar-refractivity contribution is 14.0. The fourth-order valence-electron chi connectivity index (χ4n) is 3.58. The van der Waals surface area contributed by atoms with Crippen LogP contribution in [0.15, 0.2) is 47.7 Å². The number of aliphatic imine (C=N–C) groups is 1. The van der Waals surface area contributed by atoms with Crippen molar-refractivity contribution in [3.05, 3.63) is 53.9 Å². The molecule has 1 saturated heterocycles. The van der Waals surface area contributed by atoms with Crippen LogP contribution in [0.3, 0.4) is 0 Å². The Morgan fingerprint density at radius 3 is 2.52 bits per heavy atom. The molecule has 1 aromatic heterocycles. The van der Waals surface area contributed by atoms with Crippen LogP contribution in [0.25, 0.3) is 0 Å². The third-order valence-electron chi connectivity index (χ3n) is 5.01. The smallest absolute Gasteiger partial charge is 0.254 e. The second kappa shape index (κ2) is 12.7. The molecule has 0 bridgehead atoms. The number of nitrogens with zero attached hydrogens (tertiary/aromatic N) is 4. The molecular weight excluding hydrogens is 507 g/mol. The van der Waals surface area contributed by atoms with Gasteiger partial charge < -0.3 is 20.3 Å². The van der Waals surface area contributed by atoms with Crippen molar-refractivity contribution in [2.45, 2.75) is 45.6 Å². The standard InChI is InChI=1S/C22H32N6O2.HI/c1-17-15-27(16-18(2)30-17)21(29)20-8-6-19(7-9-20)14-25-22(23-3)24-10-4-12-28-13-5-11-26-28;/h5-9,11,13,17-18H,4,10,12,14-16H2,1-3H3,(H2,23,24,25);1H. The van der Waals surface area contributed by atoms with Crippen molar-refractivity contribution in [3.63, 3.8) is 0 Å². The Morgan fingerprint density at radius 1 is 1.19 bits per heavy atom. The molecule has 0 spiro atoms. The highest BCUT2D eigenvalue weighted by Gasteiger charge is 2.26. The second-order valence-corrected chi connectivity index (χ2v) is 7.64. The first-order valence-corrected chi connectivity index (χ1v) is 10.5. The third kappa shape index (κ3) is 7.80. The Hall–Kier alpha value is -2.14. The molecule has 2 N–H and O–H groups in total. The molecule has 9 heteroatoms. The minimum atomic E-state index is 0. The Labute approximate surface area is 201 Å². The summed E-state index contributed by atoms with van der Waals surface area (Å²) in [6.07, 6.45) is 4.84. The van der Waals surface area contributed by atoms with Crippen LogP contribution in [0.2, 0.25) is 0 Å². The lowest BCUT2D eigenvalue weighted by molar-refractivity contribution is -0.0586. The molecule has 1 aliphatic heterocycles. The van der Waals surface area contributed by atoms with Crippen molar-refractivity contribution in [3.8, 4) is 0 Å². The Balaban J connectivity index is 0.00000341. The first kappa shape index (κ1) is 25.1. The number of hydrogen-bond donors (Lipinski definition) is 2. The Morgan fingerprint density at radius 2 is 1.90 bits per heavy atom. The van der Waals surface area contributed by atoms with Gasteiger partial charge in [0, 0.05) is 57.7 Å². The van der Waals surface area contributed by atoms with Crippen molar-refractivity contribution < 1.29 is 9.53 Å². The van der Waals surface area contributed by atoms with E-state index in [1.165, 1.54) is 0 Å².